The lowest BCUT2D eigenvalue weighted by atomic mass is 9.93. The number of urea groups is 1. The highest BCUT2D eigenvalue weighted by atomic mass is 31.2. The van der Waals surface area contributed by atoms with Crippen LogP contribution in [-0.2, 0) is 22.9 Å². The van der Waals surface area contributed by atoms with E-state index < -0.39 is 52.8 Å². The van der Waals surface area contributed by atoms with Crippen LogP contribution in [0.15, 0.2) is 12.7 Å². The van der Waals surface area contributed by atoms with E-state index >= 15 is 0 Å². The van der Waals surface area contributed by atoms with Crippen molar-refractivity contribution in [1.29, 1.82) is 0 Å². The molecule has 4 rings (SSSR count). The second kappa shape index (κ2) is 10.8. The number of carbonyl (C=O) groups excluding carboxylic acids is 1. The molecule has 3 atom stereocenters. The summed E-state index contributed by atoms with van der Waals surface area (Å²) in [5.74, 6) is 0.120. The lowest BCUT2D eigenvalue weighted by Crippen LogP contribution is -2.41. The van der Waals surface area contributed by atoms with E-state index in [1.807, 2.05) is 0 Å². The highest BCUT2D eigenvalue weighted by molar-refractivity contribution is 7.46. The first-order valence-corrected chi connectivity index (χ1v) is 14.0. The summed E-state index contributed by atoms with van der Waals surface area (Å²) in [5, 5.41) is 15.6. The van der Waals surface area contributed by atoms with E-state index in [1.54, 1.807) is 0 Å². The zero-order valence-electron chi connectivity index (χ0n) is 18.7. The Bertz CT molecular complexity index is 1180. The molecule has 2 fully saturated rings. The van der Waals surface area contributed by atoms with Gasteiger partial charge in [-0.15, -0.1) is 0 Å². The van der Waals surface area contributed by atoms with E-state index in [0.717, 1.165) is 0 Å². The number of aromatic nitrogens is 4. The summed E-state index contributed by atoms with van der Waals surface area (Å²) in [5.41, 5.74) is 0.545. The van der Waals surface area contributed by atoms with Crippen LogP contribution in [0.3, 0.4) is 0 Å². The Morgan fingerprint density at radius 3 is 2.50 bits per heavy atom. The number of hydrogen-bond donors (Lipinski definition) is 7. The van der Waals surface area contributed by atoms with E-state index in [-0.39, 0.29) is 23.8 Å². The largest absolute Gasteiger partial charge is 0.469 e. The number of phosphoric ester groups is 2. The summed E-state index contributed by atoms with van der Waals surface area (Å²) < 4.78 is 38.2. The molecule has 3 heterocycles. The van der Waals surface area contributed by atoms with E-state index in [9.17, 15) is 19.0 Å². The van der Waals surface area contributed by atoms with Gasteiger partial charge in [-0.3, -0.25) is 18.9 Å². The fourth-order valence-electron chi connectivity index (χ4n) is 4.20. The van der Waals surface area contributed by atoms with E-state index in [4.69, 9.17) is 28.8 Å². The van der Waals surface area contributed by atoms with Gasteiger partial charge in [0, 0.05) is 12.5 Å². The first-order valence-electron chi connectivity index (χ1n) is 10.9. The molecule has 19 heteroatoms. The number of aliphatic hydroxyl groups excluding tert-OH is 1. The maximum atomic E-state index is 12.5. The SMILES string of the molecule is O=C(Nc1ncnc2c1ncn2[C@H]1C[C@H](O)[C@@H](COP(=O)(O)O)O1)NC1CCC(OP(=O)(O)O)CC1. The number of carbonyl (C=O) groups is 1. The van der Waals surface area contributed by atoms with E-state index in [1.165, 1.54) is 17.2 Å². The van der Waals surface area contributed by atoms with Crippen LogP contribution in [0.5, 0.6) is 0 Å². The highest BCUT2D eigenvalue weighted by Gasteiger charge is 2.37. The Balaban J connectivity index is 1.36. The molecule has 1 aliphatic heterocycles. The molecule has 2 aliphatic rings. The lowest BCUT2D eigenvalue weighted by Gasteiger charge is -2.28. The summed E-state index contributed by atoms with van der Waals surface area (Å²) in [4.78, 5) is 60.5. The molecule has 17 nitrogen and oxygen atoms in total. The van der Waals surface area contributed by atoms with Crippen molar-refractivity contribution in [3.05, 3.63) is 12.7 Å². The molecule has 1 aliphatic carbocycles. The van der Waals surface area contributed by atoms with Gasteiger partial charge in [0.2, 0.25) is 0 Å². The molecule has 0 aromatic carbocycles. The number of nitrogens with zero attached hydrogens (tertiary/aromatic N) is 4. The zero-order chi connectivity index (χ0) is 26.1. The third kappa shape index (κ3) is 7.04. The molecule has 0 spiro atoms. The van der Waals surface area contributed by atoms with Gasteiger partial charge in [-0.1, -0.05) is 0 Å². The highest BCUT2D eigenvalue weighted by Crippen LogP contribution is 2.41. The molecular weight excluding hydrogens is 526 g/mol. The number of imidazole rings is 1. The van der Waals surface area contributed by atoms with Gasteiger partial charge in [0.1, 0.15) is 18.7 Å². The van der Waals surface area contributed by atoms with E-state index in [0.29, 0.717) is 31.3 Å². The summed E-state index contributed by atoms with van der Waals surface area (Å²) in [7, 11) is -9.28. The van der Waals surface area contributed by atoms with Crippen LogP contribution in [0.4, 0.5) is 10.6 Å². The standard InChI is InChI=1S/C17H26N6O11P2/c24-11-5-13(33-12(11)6-32-35(26,27)28)23-8-20-14-15(18-7-19-16(14)23)22-17(25)21-9-1-3-10(4-2-9)34-36(29,30)31/h7-13,24H,1-6H2,(H2,26,27,28)(H2,29,30,31)(H2,18,19,21,22,25)/t9?,10?,11-,12+,13+/m0/s1. The van der Waals surface area contributed by atoms with Gasteiger partial charge in [-0.2, -0.15) is 0 Å². The van der Waals surface area contributed by atoms with Crippen molar-refractivity contribution in [3.8, 4) is 0 Å². The molecule has 0 bridgehead atoms. The van der Waals surface area contributed by atoms with Gasteiger partial charge >= 0.3 is 21.7 Å². The van der Waals surface area contributed by atoms with Gasteiger partial charge in [0.25, 0.3) is 0 Å². The van der Waals surface area contributed by atoms with Crippen molar-refractivity contribution in [2.45, 2.75) is 62.7 Å². The van der Waals surface area contributed by atoms with Crippen LogP contribution >= 0.6 is 15.6 Å². The molecular formula is C17H26N6O11P2. The molecule has 36 heavy (non-hydrogen) atoms. The van der Waals surface area contributed by atoms with Crippen LogP contribution in [0, 0.1) is 0 Å². The Labute approximate surface area is 203 Å². The second-order valence-corrected chi connectivity index (χ2v) is 10.9. The maximum Gasteiger partial charge on any atom is 0.469 e. The summed E-state index contributed by atoms with van der Waals surface area (Å²) in [6.45, 7) is -0.510. The molecule has 2 aromatic heterocycles. The Morgan fingerprint density at radius 2 is 1.83 bits per heavy atom. The van der Waals surface area contributed by atoms with Crippen LogP contribution in [0.1, 0.15) is 38.3 Å². The number of aliphatic hydroxyl groups is 1. The van der Waals surface area contributed by atoms with Crippen LogP contribution < -0.4 is 10.6 Å². The fraction of sp³-hybridized carbons (Fsp3) is 0.647. The average molecular weight is 552 g/mol. The fourth-order valence-corrected chi connectivity index (χ4v) is 5.14. The summed E-state index contributed by atoms with van der Waals surface area (Å²) >= 11 is 0. The number of ether oxygens (including phenoxy) is 1. The quantitative estimate of drug-likeness (QED) is 0.215. The maximum absolute atomic E-state index is 12.5. The number of anilines is 1. The van der Waals surface area contributed by atoms with Gasteiger partial charge in [0.15, 0.2) is 17.0 Å². The molecule has 7 N–H and O–H groups in total. The molecule has 200 valence electrons. The van der Waals surface area contributed by atoms with Gasteiger partial charge in [-0.05, 0) is 25.7 Å². The zero-order valence-corrected chi connectivity index (χ0v) is 20.4. The minimum absolute atomic E-state index is 0.0856. The number of hydrogen-bond acceptors (Lipinski definition) is 10. The minimum Gasteiger partial charge on any atom is -0.390 e. The van der Waals surface area contributed by atoms with Gasteiger partial charge in [0.05, 0.1) is 25.1 Å². The second-order valence-electron chi connectivity index (χ2n) is 8.43. The van der Waals surface area contributed by atoms with E-state index in [2.05, 4.69) is 30.1 Å². The molecule has 1 saturated heterocycles. The number of rotatable bonds is 8. The van der Waals surface area contributed by atoms with Crippen molar-refractivity contribution in [2.24, 2.45) is 0 Å². The average Bonchev–Trinajstić information content (AvgIpc) is 3.36. The number of fused-ring (bicyclic) bond motifs is 1. The van der Waals surface area contributed by atoms with Crippen molar-refractivity contribution in [1.82, 2.24) is 24.8 Å². The summed E-state index contributed by atoms with van der Waals surface area (Å²) in [6, 6.07) is -0.775. The molecule has 2 amide bonds. The van der Waals surface area contributed by atoms with Crippen molar-refractivity contribution < 1.29 is 52.4 Å². The minimum atomic E-state index is -4.72. The molecule has 2 aromatic rings. The summed E-state index contributed by atoms with van der Waals surface area (Å²) in [6.07, 6.45) is 1.03. The Hall–Kier alpha value is -2.04. The predicted molar refractivity (Wildman–Crippen MR) is 119 cm³/mol. The van der Waals surface area contributed by atoms with Gasteiger partial charge in [-0.25, -0.2) is 28.9 Å². The third-order valence-electron chi connectivity index (χ3n) is 5.81. The predicted octanol–water partition coefficient (Wildman–Crippen LogP) is 0.126. The molecule has 0 radical (unpaired) electrons. The van der Waals surface area contributed by atoms with Crippen LogP contribution in [-0.4, -0.2) is 81.2 Å². The first kappa shape index (κ1) is 27.0. The number of nitrogens with one attached hydrogen (secondary N) is 2. The normalized spacial score (nSPS) is 27.3. The smallest absolute Gasteiger partial charge is 0.390 e. The third-order valence-corrected chi connectivity index (χ3v) is 6.87. The Morgan fingerprint density at radius 1 is 1.11 bits per heavy atom. The van der Waals surface area contributed by atoms with Crippen molar-refractivity contribution in [3.63, 3.8) is 0 Å². The lowest BCUT2D eigenvalue weighted by molar-refractivity contribution is -0.0424. The van der Waals surface area contributed by atoms with Gasteiger partial charge < -0.3 is 34.7 Å². The topological polar surface area (TPSA) is 248 Å². The molecule has 1 saturated carbocycles. The van der Waals surface area contributed by atoms with Crippen molar-refractivity contribution >= 4 is 38.7 Å². The Kier molecular flexibility index (Phi) is 8.07. The first-order chi connectivity index (χ1) is 16.9. The number of phosphoric acid groups is 2. The van der Waals surface area contributed by atoms with Crippen LogP contribution in [0.25, 0.3) is 11.2 Å². The number of amides is 2. The monoisotopic (exact) mass is 552 g/mol. The van der Waals surface area contributed by atoms with Crippen molar-refractivity contribution in [2.75, 3.05) is 11.9 Å². The van der Waals surface area contributed by atoms with Crippen LogP contribution in [0.2, 0.25) is 0 Å². The molecule has 0 unspecified atom stereocenters.